The third kappa shape index (κ3) is 1.88. The molecule has 88 valence electrons. The molecule has 4 heteroatoms. The van der Waals surface area contributed by atoms with Gasteiger partial charge in [-0.25, -0.2) is 4.39 Å². The first-order chi connectivity index (χ1) is 8.84. The van der Waals surface area contributed by atoms with Crippen molar-refractivity contribution in [3.05, 3.63) is 60.9 Å². The van der Waals surface area contributed by atoms with Crippen LogP contribution in [0.3, 0.4) is 0 Å². The lowest BCUT2D eigenvalue weighted by atomic mass is 10.1. The summed E-state index contributed by atoms with van der Waals surface area (Å²) < 4.78 is 13.5. The summed E-state index contributed by atoms with van der Waals surface area (Å²) in [5, 5.41) is 5.07. The molecule has 3 rings (SSSR count). The fraction of sp³-hybridized carbons (Fsp3) is 0. The van der Waals surface area contributed by atoms with Gasteiger partial charge in [0.25, 0.3) is 0 Å². The maximum atomic E-state index is 13.5. The molecule has 2 heterocycles. The number of aromatic nitrogens is 2. The van der Waals surface area contributed by atoms with Gasteiger partial charge in [0, 0.05) is 29.7 Å². The predicted molar refractivity (Wildman–Crippen MR) is 69.2 cm³/mol. The lowest BCUT2D eigenvalue weighted by Gasteiger charge is -2.09. The van der Waals surface area contributed by atoms with Crippen molar-refractivity contribution in [3.8, 4) is 0 Å². The predicted octanol–water partition coefficient (Wildman–Crippen LogP) is 3.51. The molecule has 3 aromatic rings. The molecule has 1 aromatic carbocycles. The van der Waals surface area contributed by atoms with Crippen molar-refractivity contribution in [2.45, 2.75) is 0 Å². The lowest BCUT2D eigenvalue weighted by Crippen LogP contribution is -1.95. The fourth-order valence-electron chi connectivity index (χ4n) is 1.84. The second-order valence-corrected chi connectivity index (χ2v) is 3.88. The van der Waals surface area contributed by atoms with Crippen LogP contribution >= 0.6 is 0 Å². The minimum Gasteiger partial charge on any atom is -0.352 e. The maximum Gasteiger partial charge on any atom is 0.164 e. The normalized spacial score (nSPS) is 10.5. The first kappa shape index (κ1) is 10.7. The molecular weight excluding hydrogens is 229 g/mol. The Balaban J connectivity index is 2.08. The molecule has 0 aliphatic rings. The number of nitrogens with zero attached hydrogens (tertiary/aromatic N) is 2. The van der Waals surface area contributed by atoms with Crippen LogP contribution in [-0.4, -0.2) is 9.97 Å². The number of pyridine rings is 2. The van der Waals surface area contributed by atoms with Crippen molar-refractivity contribution in [2.24, 2.45) is 0 Å². The third-order valence-electron chi connectivity index (χ3n) is 2.73. The van der Waals surface area contributed by atoms with Crippen LogP contribution in [-0.2, 0) is 0 Å². The molecular formula is C14H10FN3. The van der Waals surface area contributed by atoms with Crippen molar-refractivity contribution in [3.63, 3.8) is 0 Å². The maximum absolute atomic E-state index is 13.5. The molecule has 0 bridgehead atoms. The van der Waals surface area contributed by atoms with Crippen LogP contribution in [0, 0.1) is 5.82 Å². The molecule has 0 amide bonds. The van der Waals surface area contributed by atoms with Gasteiger partial charge in [-0.05, 0) is 23.6 Å². The fourth-order valence-corrected chi connectivity index (χ4v) is 1.84. The smallest absolute Gasteiger partial charge is 0.164 e. The van der Waals surface area contributed by atoms with E-state index in [1.165, 1.54) is 6.20 Å². The molecule has 3 nitrogen and oxygen atoms in total. The largest absolute Gasteiger partial charge is 0.352 e. The van der Waals surface area contributed by atoms with E-state index in [1.54, 1.807) is 24.7 Å². The molecule has 0 saturated carbocycles. The minimum atomic E-state index is -0.376. The molecule has 2 aromatic heterocycles. The van der Waals surface area contributed by atoms with Gasteiger partial charge in [-0.3, -0.25) is 9.97 Å². The highest BCUT2D eigenvalue weighted by molar-refractivity contribution is 5.94. The van der Waals surface area contributed by atoms with Crippen LogP contribution in [0.1, 0.15) is 0 Å². The van der Waals surface area contributed by atoms with Crippen LogP contribution in [0.2, 0.25) is 0 Å². The van der Waals surface area contributed by atoms with Crippen LogP contribution in [0.4, 0.5) is 15.8 Å². The quantitative estimate of drug-likeness (QED) is 0.743. The SMILES string of the molecule is Fc1cnccc1Nc1cccc2ccncc12. The summed E-state index contributed by atoms with van der Waals surface area (Å²) in [6.07, 6.45) is 6.23. The van der Waals surface area contributed by atoms with Gasteiger partial charge in [-0.15, -0.1) is 0 Å². The molecule has 1 N–H and O–H groups in total. The van der Waals surface area contributed by atoms with Crippen LogP contribution in [0.5, 0.6) is 0 Å². The highest BCUT2D eigenvalue weighted by atomic mass is 19.1. The van der Waals surface area contributed by atoms with Gasteiger partial charge in [0.1, 0.15) is 0 Å². The van der Waals surface area contributed by atoms with E-state index in [2.05, 4.69) is 15.3 Å². The van der Waals surface area contributed by atoms with E-state index in [0.717, 1.165) is 16.5 Å². The molecule has 0 unspecified atom stereocenters. The summed E-state index contributed by atoms with van der Waals surface area (Å²) in [7, 11) is 0. The Morgan fingerprint density at radius 3 is 2.61 bits per heavy atom. The van der Waals surface area contributed by atoms with Gasteiger partial charge in [-0.2, -0.15) is 0 Å². The van der Waals surface area contributed by atoms with E-state index in [4.69, 9.17) is 0 Å². The summed E-state index contributed by atoms with van der Waals surface area (Å²) in [6, 6.07) is 9.33. The summed E-state index contributed by atoms with van der Waals surface area (Å²) in [6.45, 7) is 0. The number of benzene rings is 1. The monoisotopic (exact) mass is 239 g/mol. The van der Waals surface area contributed by atoms with Gasteiger partial charge < -0.3 is 5.32 Å². The van der Waals surface area contributed by atoms with Crippen LogP contribution < -0.4 is 5.32 Å². The highest BCUT2D eigenvalue weighted by Gasteiger charge is 2.04. The molecule has 0 fully saturated rings. The molecule has 0 aliphatic carbocycles. The molecule has 18 heavy (non-hydrogen) atoms. The Labute approximate surface area is 103 Å². The molecule has 0 atom stereocenters. The van der Waals surface area contributed by atoms with Gasteiger partial charge in [0.05, 0.1) is 11.9 Å². The minimum absolute atomic E-state index is 0.376. The summed E-state index contributed by atoms with van der Waals surface area (Å²) >= 11 is 0. The number of hydrogen-bond donors (Lipinski definition) is 1. The van der Waals surface area contributed by atoms with E-state index in [0.29, 0.717) is 5.69 Å². The number of nitrogens with one attached hydrogen (secondary N) is 1. The number of halogens is 1. The van der Waals surface area contributed by atoms with Gasteiger partial charge in [0.15, 0.2) is 5.82 Å². The number of hydrogen-bond acceptors (Lipinski definition) is 3. The number of anilines is 2. The van der Waals surface area contributed by atoms with Crippen molar-refractivity contribution >= 4 is 22.1 Å². The van der Waals surface area contributed by atoms with E-state index < -0.39 is 0 Å². The average molecular weight is 239 g/mol. The molecule has 0 spiro atoms. The Hall–Kier alpha value is -2.49. The Morgan fingerprint density at radius 1 is 0.889 bits per heavy atom. The van der Waals surface area contributed by atoms with E-state index in [1.807, 2.05) is 24.3 Å². The summed E-state index contributed by atoms with van der Waals surface area (Å²) in [5.41, 5.74) is 1.23. The van der Waals surface area contributed by atoms with Gasteiger partial charge in [-0.1, -0.05) is 12.1 Å². The van der Waals surface area contributed by atoms with E-state index in [9.17, 15) is 4.39 Å². The number of rotatable bonds is 2. The first-order valence-electron chi connectivity index (χ1n) is 5.54. The van der Waals surface area contributed by atoms with Crippen LogP contribution in [0.25, 0.3) is 10.8 Å². The Bertz CT molecular complexity index is 692. The Kier molecular flexibility index (Phi) is 2.61. The summed E-state index contributed by atoms with van der Waals surface area (Å²) in [4.78, 5) is 7.81. The molecule has 0 aliphatic heterocycles. The second-order valence-electron chi connectivity index (χ2n) is 3.88. The zero-order chi connectivity index (χ0) is 12.4. The standard InChI is InChI=1S/C14H10FN3/c15-12-9-17-7-5-14(12)18-13-3-1-2-10-4-6-16-8-11(10)13/h1-9H,(H,17,18). The van der Waals surface area contributed by atoms with E-state index >= 15 is 0 Å². The Morgan fingerprint density at radius 2 is 1.72 bits per heavy atom. The van der Waals surface area contributed by atoms with E-state index in [-0.39, 0.29) is 5.82 Å². The average Bonchev–Trinajstić information content (AvgIpc) is 2.42. The van der Waals surface area contributed by atoms with Crippen molar-refractivity contribution in [1.29, 1.82) is 0 Å². The topological polar surface area (TPSA) is 37.8 Å². The lowest BCUT2D eigenvalue weighted by molar-refractivity contribution is 0.625. The molecule has 0 radical (unpaired) electrons. The van der Waals surface area contributed by atoms with Gasteiger partial charge >= 0.3 is 0 Å². The molecule has 0 saturated heterocycles. The second kappa shape index (κ2) is 4.41. The van der Waals surface area contributed by atoms with Crippen molar-refractivity contribution < 1.29 is 4.39 Å². The first-order valence-corrected chi connectivity index (χ1v) is 5.54. The number of fused-ring (bicyclic) bond motifs is 1. The highest BCUT2D eigenvalue weighted by Crippen LogP contribution is 2.26. The van der Waals surface area contributed by atoms with Crippen molar-refractivity contribution in [1.82, 2.24) is 9.97 Å². The van der Waals surface area contributed by atoms with Crippen molar-refractivity contribution in [2.75, 3.05) is 5.32 Å². The van der Waals surface area contributed by atoms with Crippen LogP contribution in [0.15, 0.2) is 55.1 Å². The zero-order valence-electron chi connectivity index (χ0n) is 9.47. The van der Waals surface area contributed by atoms with Gasteiger partial charge in [0.2, 0.25) is 0 Å². The zero-order valence-corrected chi connectivity index (χ0v) is 9.47. The third-order valence-corrected chi connectivity index (χ3v) is 2.73. The summed E-state index contributed by atoms with van der Waals surface area (Å²) in [5.74, 6) is -0.376.